The predicted molar refractivity (Wildman–Crippen MR) is 120 cm³/mol. The van der Waals surface area contributed by atoms with Crippen molar-refractivity contribution in [2.24, 2.45) is 11.8 Å². The molecule has 1 N–H and O–H groups in total. The van der Waals surface area contributed by atoms with Gasteiger partial charge in [-0.2, -0.15) is 0 Å². The number of methoxy groups -OCH3 is 1. The lowest BCUT2D eigenvalue weighted by Crippen LogP contribution is -2.57. The standard InChI is InChI=1S/C26H34N2O3/c1-30-25-14-19(11-12-24(25)31-23-9-2-3-10-23)16-28-17-21-6-4-7-22(18-28)26(21,29)20-8-5-13-27-15-20/h5,8,11-15,21-23,29H,2-4,6-7,9-10,16-18H2,1H3. The Morgan fingerprint density at radius 1 is 1.03 bits per heavy atom. The van der Waals surface area contributed by atoms with Crippen molar-refractivity contribution >= 4 is 0 Å². The van der Waals surface area contributed by atoms with E-state index in [2.05, 4.69) is 28.1 Å². The zero-order valence-corrected chi connectivity index (χ0v) is 18.5. The zero-order chi connectivity index (χ0) is 21.3. The van der Waals surface area contributed by atoms with Gasteiger partial charge in [-0.3, -0.25) is 9.88 Å². The van der Waals surface area contributed by atoms with Gasteiger partial charge in [0.1, 0.15) is 0 Å². The molecule has 2 atom stereocenters. The minimum atomic E-state index is -0.750. The van der Waals surface area contributed by atoms with Gasteiger partial charge in [-0.25, -0.2) is 0 Å². The summed E-state index contributed by atoms with van der Waals surface area (Å²) >= 11 is 0. The highest BCUT2D eigenvalue weighted by Crippen LogP contribution is 2.49. The smallest absolute Gasteiger partial charge is 0.161 e. The van der Waals surface area contributed by atoms with Crippen LogP contribution in [0.1, 0.15) is 56.1 Å². The number of pyridine rings is 1. The molecule has 0 amide bonds. The lowest BCUT2D eigenvalue weighted by molar-refractivity contribution is -0.148. The van der Waals surface area contributed by atoms with Crippen LogP contribution >= 0.6 is 0 Å². The average Bonchev–Trinajstić information content (AvgIpc) is 3.29. The van der Waals surface area contributed by atoms with Crippen LogP contribution in [0, 0.1) is 11.8 Å². The number of rotatable bonds is 6. The maximum absolute atomic E-state index is 11.8. The van der Waals surface area contributed by atoms with Crippen molar-refractivity contribution in [3.8, 4) is 11.5 Å². The van der Waals surface area contributed by atoms with Gasteiger partial charge in [-0.05, 0) is 62.3 Å². The van der Waals surface area contributed by atoms with Gasteiger partial charge in [-0.15, -0.1) is 0 Å². The summed E-state index contributed by atoms with van der Waals surface area (Å²) in [5.41, 5.74) is 1.47. The summed E-state index contributed by atoms with van der Waals surface area (Å²) in [5.74, 6) is 2.18. The molecule has 2 heterocycles. The van der Waals surface area contributed by atoms with Crippen LogP contribution in [0.4, 0.5) is 0 Å². The van der Waals surface area contributed by atoms with E-state index in [0.717, 1.165) is 62.4 Å². The van der Waals surface area contributed by atoms with Crippen LogP contribution in [0.3, 0.4) is 0 Å². The third kappa shape index (κ3) is 4.06. The van der Waals surface area contributed by atoms with Crippen molar-refractivity contribution in [1.29, 1.82) is 0 Å². The quantitative estimate of drug-likeness (QED) is 0.741. The van der Waals surface area contributed by atoms with E-state index >= 15 is 0 Å². The van der Waals surface area contributed by atoms with Crippen LogP contribution in [0.2, 0.25) is 0 Å². The van der Waals surface area contributed by atoms with Crippen LogP contribution in [-0.4, -0.2) is 41.3 Å². The Hall–Kier alpha value is -2.11. The van der Waals surface area contributed by atoms with Gasteiger partial charge in [0, 0.05) is 49.4 Å². The average molecular weight is 423 g/mol. The number of nitrogens with zero attached hydrogens (tertiary/aromatic N) is 2. The second-order valence-electron chi connectivity index (χ2n) is 9.60. The first-order valence-corrected chi connectivity index (χ1v) is 11.9. The second-order valence-corrected chi connectivity index (χ2v) is 9.60. The third-order valence-corrected chi connectivity index (χ3v) is 7.66. The summed E-state index contributed by atoms with van der Waals surface area (Å²) in [6.45, 7) is 2.69. The fourth-order valence-corrected chi connectivity index (χ4v) is 6.09. The Kier molecular flexibility index (Phi) is 5.89. The molecular weight excluding hydrogens is 388 g/mol. The van der Waals surface area contributed by atoms with Crippen LogP contribution in [-0.2, 0) is 12.1 Å². The van der Waals surface area contributed by atoms with E-state index in [1.807, 2.05) is 18.3 Å². The predicted octanol–water partition coefficient (Wildman–Crippen LogP) is 4.53. The molecule has 1 aromatic heterocycles. The van der Waals surface area contributed by atoms with E-state index in [1.54, 1.807) is 13.3 Å². The fourth-order valence-electron chi connectivity index (χ4n) is 6.09. The Balaban J connectivity index is 1.30. The topological polar surface area (TPSA) is 54.8 Å². The molecule has 1 aromatic carbocycles. The number of aromatic nitrogens is 1. The van der Waals surface area contributed by atoms with Gasteiger partial charge in [-0.1, -0.05) is 18.6 Å². The molecule has 2 aliphatic carbocycles. The van der Waals surface area contributed by atoms with Crippen molar-refractivity contribution in [3.05, 3.63) is 53.9 Å². The molecule has 5 heteroatoms. The molecule has 1 saturated heterocycles. The van der Waals surface area contributed by atoms with Crippen molar-refractivity contribution in [1.82, 2.24) is 9.88 Å². The van der Waals surface area contributed by atoms with Gasteiger partial charge < -0.3 is 14.6 Å². The first-order chi connectivity index (χ1) is 15.2. The number of ether oxygens (including phenoxy) is 2. The van der Waals surface area contributed by atoms with Crippen LogP contribution in [0.15, 0.2) is 42.7 Å². The molecule has 1 aliphatic heterocycles. The Morgan fingerprint density at radius 2 is 1.81 bits per heavy atom. The summed E-state index contributed by atoms with van der Waals surface area (Å²) in [5, 5.41) is 11.8. The first kappa shape index (κ1) is 20.8. The molecule has 2 aromatic rings. The molecule has 3 aliphatic rings. The third-order valence-electron chi connectivity index (χ3n) is 7.66. The Labute approximate surface area is 185 Å². The summed E-state index contributed by atoms with van der Waals surface area (Å²) in [6, 6.07) is 10.4. The molecule has 0 spiro atoms. The SMILES string of the molecule is COc1cc(CN2CC3CCCC(C2)C3(O)c2cccnc2)ccc1OC1CCCC1. The van der Waals surface area contributed by atoms with Gasteiger partial charge in [0.25, 0.3) is 0 Å². The Morgan fingerprint density at radius 3 is 2.48 bits per heavy atom. The first-order valence-electron chi connectivity index (χ1n) is 11.9. The van der Waals surface area contributed by atoms with Gasteiger partial charge in [0.2, 0.25) is 0 Å². The van der Waals surface area contributed by atoms with Gasteiger partial charge in [0.15, 0.2) is 11.5 Å². The number of benzene rings is 1. The maximum atomic E-state index is 11.8. The van der Waals surface area contributed by atoms with E-state index in [4.69, 9.17) is 9.47 Å². The number of likely N-dealkylation sites (tertiary alicyclic amines) is 1. The Bertz CT molecular complexity index is 867. The summed E-state index contributed by atoms with van der Waals surface area (Å²) < 4.78 is 11.9. The van der Waals surface area contributed by atoms with E-state index in [0.29, 0.717) is 6.10 Å². The number of aliphatic hydroxyl groups is 1. The normalized spacial score (nSPS) is 29.1. The van der Waals surface area contributed by atoms with Crippen LogP contribution in [0.5, 0.6) is 11.5 Å². The highest BCUT2D eigenvalue weighted by molar-refractivity contribution is 5.43. The highest BCUT2D eigenvalue weighted by Gasteiger charge is 2.51. The largest absolute Gasteiger partial charge is 0.493 e. The molecule has 166 valence electrons. The molecule has 3 fully saturated rings. The van der Waals surface area contributed by atoms with Crippen molar-refractivity contribution in [2.45, 2.75) is 63.2 Å². The number of piperidine rings is 1. The van der Waals surface area contributed by atoms with Crippen LogP contribution < -0.4 is 9.47 Å². The summed E-state index contributed by atoms with van der Waals surface area (Å²) in [4.78, 5) is 6.79. The van der Waals surface area contributed by atoms with Gasteiger partial charge in [0.05, 0.1) is 18.8 Å². The van der Waals surface area contributed by atoms with Crippen molar-refractivity contribution in [2.75, 3.05) is 20.2 Å². The summed E-state index contributed by atoms with van der Waals surface area (Å²) in [6.07, 6.45) is 12.1. The second kappa shape index (κ2) is 8.79. The molecule has 0 radical (unpaired) electrons. The zero-order valence-electron chi connectivity index (χ0n) is 18.5. The monoisotopic (exact) mass is 422 g/mol. The minimum Gasteiger partial charge on any atom is -0.493 e. The van der Waals surface area contributed by atoms with Crippen molar-refractivity contribution < 1.29 is 14.6 Å². The van der Waals surface area contributed by atoms with E-state index in [-0.39, 0.29) is 11.8 Å². The molecule has 2 saturated carbocycles. The molecule has 2 bridgehead atoms. The maximum Gasteiger partial charge on any atom is 0.161 e. The lowest BCUT2D eigenvalue weighted by Gasteiger charge is -2.53. The lowest BCUT2D eigenvalue weighted by atomic mass is 9.63. The van der Waals surface area contributed by atoms with Crippen LogP contribution in [0.25, 0.3) is 0 Å². The summed E-state index contributed by atoms with van der Waals surface area (Å²) in [7, 11) is 1.72. The van der Waals surface area contributed by atoms with E-state index in [9.17, 15) is 5.11 Å². The van der Waals surface area contributed by atoms with Crippen molar-refractivity contribution in [3.63, 3.8) is 0 Å². The molecule has 5 rings (SSSR count). The fraction of sp³-hybridized carbons (Fsp3) is 0.577. The molecular formula is C26H34N2O3. The molecule has 5 nitrogen and oxygen atoms in total. The molecule has 2 unspecified atom stereocenters. The number of fused-ring (bicyclic) bond motifs is 2. The molecule has 31 heavy (non-hydrogen) atoms. The van der Waals surface area contributed by atoms with Gasteiger partial charge >= 0.3 is 0 Å². The minimum absolute atomic E-state index is 0.246. The highest BCUT2D eigenvalue weighted by atomic mass is 16.5. The number of hydrogen-bond acceptors (Lipinski definition) is 5. The number of hydrogen-bond donors (Lipinski definition) is 1. The van der Waals surface area contributed by atoms with E-state index in [1.165, 1.54) is 24.8 Å². The van der Waals surface area contributed by atoms with E-state index < -0.39 is 5.60 Å².